The first kappa shape index (κ1) is 13.0. The normalized spacial score (nSPS) is 11.6. The van der Waals surface area contributed by atoms with Gasteiger partial charge in [0, 0.05) is 22.8 Å². The molecule has 0 amide bonds. The van der Waals surface area contributed by atoms with E-state index in [4.69, 9.17) is 0 Å². The van der Waals surface area contributed by atoms with Gasteiger partial charge in [-0.25, -0.2) is 0 Å². The van der Waals surface area contributed by atoms with Crippen LogP contribution in [-0.4, -0.2) is 4.57 Å². The summed E-state index contributed by atoms with van der Waals surface area (Å²) in [5, 5.41) is 2.71. The van der Waals surface area contributed by atoms with Gasteiger partial charge in [-0.3, -0.25) is 0 Å². The lowest BCUT2D eigenvalue weighted by atomic mass is 9.94. The first-order valence-corrected chi connectivity index (χ1v) is 7.35. The Kier molecular flexibility index (Phi) is 3.13. The molecule has 20 heavy (non-hydrogen) atoms. The number of nitrogens with zero attached hydrogens (tertiary/aromatic N) is 1. The van der Waals surface area contributed by atoms with Crippen LogP contribution >= 0.6 is 0 Å². The van der Waals surface area contributed by atoms with Crippen molar-refractivity contribution in [2.45, 2.75) is 33.2 Å². The second-order valence-corrected chi connectivity index (χ2v) is 5.58. The van der Waals surface area contributed by atoms with E-state index in [2.05, 4.69) is 68.3 Å². The number of hydrogen-bond donors (Lipinski definition) is 0. The van der Waals surface area contributed by atoms with E-state index in [1.54, 1.807) is 0 Å². The predicted octanol–water partition coefficient (Wildman–Crippen LogP) is 5.58. The fourth-order valence-corrected chi connectivity index (χ4v) is 3.30. The Morgan fingerprint density at radius 2 is 1.85 bits per heavy atom. The molecule has 1 aromatic heterocycles. The summed E-state index contributed by atoms with van der Waals surface area (Å²) >= 11 is 0. The van der Waals surface area contributed by atoms with Crippen molar-refractivity contribution in [1.29, 1.82) is 0 Å². The van der Waals surface area contributed by atoms with Crippen molar-refractivity contribution in [2.24, 2.45) is 0 Å². The highest BCUT2D eigenvalue weighted by Crippen LogP contribution is 2.36. The molecule has 0 aliphatic heterocycles. The van der Waals surface area contributed by atoms with Crippen molar-refractivity contribution in [1.82, 2.24) is 4.57 Å². The van der Waals surface area contributed by atoms with E-state index in [-0.39, 0.29) is 0 Å². The molecule has 0 atom stereocenters. The van der Waals surface area contributed by atoms with Crippen LogP contribution in [0.15, 0.2) is 43.0 Å². The largest absolute Gasteiger partial charge is 0.341 e. The molecule has 2 aromatic carbocycles. The van der Waals surface area contributed by atoms with Crippen molar-refractivity contribution in [2.75, 3.05) is 0 Å². The van der Waals surface area contributed by atoms with Crippen LogP contribution in [0.1, 0.15) is 37.8 Å². The molecule has 3 aromatic rings. The van der Waals surface area contributed by atoms with Gasteiger partial charge in [0.1, 0.15) is 0 Å². The van der Waals surface area contributed by atoms with Gasteiger partial charge in [0.05, 0.1) is 5.52 Å². The second-order valence-electron chi connectivity index (χ2n) is 5.58. The molecule has 0 unspecified atom stereocenters. The summed E-state index contributed by atoms with van der Waals surface area (Å²) in [5.74, 6) is 0.487. The van der Waals surface area contributed by atoms with Gasteiger partial charge in [0.15, 0.2) is 0 Å². The maximum atomic E-state index is 3.98. The number of aromatic nitrogens is 1. The smallest absolute Gasteiger partial charge is 0.0532 e. The van der Waals surface area contributed by atoms with Crippen molar-refractivity contribution in [3.8, 4) is 0 Å². The second kappa shape index (κ2) is 4.82. The van der Waals surface area contributed by atoms with Gasteiger partial charge in [0.2, 0.25) is 0 Å². The molecule has 0 bridgehead atoms. The van der Waals surface area contributed by atoms with Crippen LogP contribution in [0.5, 0.6) is 0 Å². The maximum absolute atomic E-state index is 3.98. The quantitative estimate of drug-likeness (QED) is 0.581. The topological polar surface area (TPSA) is 4.93 Å². The summed E-state index contributed by atoms with van der Waals surface area (Å²) in [6, 6.07) is 13.1. The van der Waals surface area contributed by atoms with E-state index in [0.717, 1.165) is 6.54 Å². The fraction of sp³-hybridized carbons (Fsp3) is 0.263. The third kappa shape index (κ3) is 1.70. The van der Waals surface area contributed by atoms with Crippen LogP contribution in [-0.2, 0) is 6.54 Å². The fourth-order valence-electron chi connectivity index (χ4n) is 3.30. The SMILES string of the molecule is C=Cc1ccc2c3ccccc3n(CC)c2c1C(C)C. The standard InChI is InChI=1S/C19H21N/c1-5-14-11-12-16-15-9-7-8-10-17(15)20(6-2)19(16)18(14)13(3)4/h5,7-13H,1,6H2,2-4H3. The number of rotatable bonds is 3. The molecule has 0 spiro atoms. The van der Waals surface area contributed by atoms with Gasteiger partial charge in [-0.2, -0.15) is 0 Å². The zero-order valence-corrected chi connectivity index (χ0v) is 12.5. The van der Waals surface area contributed by atoms with Crippen molar-refractivity contribution < 1.29 is 0 Å². The zero-order chi connectivity index (χ0) is 14.3. The molecule has 0 saturated carbocycles. The Morgan fingerprint density at radius 3 is 2.50 bits per heavy atom. The molecule has 0 aliphatic rings. The van der Waals surface area contributed by atoms with E-state index in [9.17, 15) is 0 Å². The Labute approximate surface area is 120 Å². The molecule has 0 aliphatic carbocycles. The highest BCUT2D eigenvalue weighted by atomic mass is 15.0. The van der Waals surface area contributed by atoms with Crippen molar-refractivity contribution in [3.63, 3.8) is 0 Å². The first-order valence-electron chi connectivity index (χ1n) is 7.35. The molecular formula is C19H21N. The Hall–Kier alpha value is -2.02. The molecule has 1 nitrogen and oxygen atoms in total. The number of benzene rings is 2. The van der Waals surface area contributed by atoms with Gasteiger partial charge >= 0.3 is 0 Å². The lowest BCUT2D eigenvalue weighted by Crippen LogP contribution is -2.00. The van der Waals surface area contributed by atoms with E-state index in [1.807, 2.05) is 6.08 Å². The van der Waals surface area contributed by atoms with Crippen LogP contribution in [0.4, 0.5) is 0 Å². The Bertz CT molecular complexity index is 790. The van der Waals surface area contributed by atoms with Gasteiger partial charge in [0.25, 0.3) is 0 Å². The van der Waals surface area contributed by atoms with Gasteiger partial charge in [-0.05, 0) is 30.0 Å². The van der Waals surface area contributed by atoms with Crippen molar-refractivity contribution in [3.05, 3.63) is 54.1 Å². The number of para-hydroxylation sites is 1. The number of aryl methyl sites for hydroxylation is 1. The average molecular weight is 263 g/mol. The summed E-state index contributed by atoms with van der Waals surface area (Å²) in [7, 11) is 0. The summed E-state index contributed by atoms with van der Waals surface area (Å²) in [4.78, 5) is 0. The van der Waals surface area contributed by atoms with Crippen LogP contribution in [0.2, 0.25) is 0 Å². The van der Waals surface area contributed by atoms with Gasteiger partial charge < -0.3 is 4.57 Å². The van der Waals surface area contributed by atoms with Crippen molar-refractivity contribution >= 4 is 27.9 Å². The summed E-state index contributed by atoms with van der Waals surface area (Å²) in [5.41, 5.74) is 5.37. The molecule has 3 rings (SSSR count). The molecule has 0 saturated heterocycles. The lowest BCUT2D eigenvalue weighted by Gasteiger charge is -2.15. The van der Waals surface area contributed by atoms with E-state index >= 15 is 0 Å². The highest BCUT2D eigenvalue weighted by molar-refractivity contribution is 6.09. The molecular weight excluding hydrogens is 242 g/mol. The van der Waals surface area contributed by atoms with Gasteiger partial charge in [-0.1, -0.05) is 56.8 Å². The first-order chi connectivity index (χ1) is 9.69. The number of fused-ring (bicyclic) bond motifs is 3. The molecule has 1 heterocycles. The minimum absolute atomic E-state index is 0.487. The Morgan fingerprint density at radius 1 is 1.10 bits per heavy atom. The molecule has 0 N–H and O–H groups in total. The van der Waals surface area contributed by atoms with E-state index < -0.39 is 0 Å². The average Bonchev–Trinajstić information content (AvgIpc) is 2.79. The van der Waals surface area contributed by atoms with Crippen LogP contribution in [0, 0.1) is 0 Å². The summed E-state index contributed by atoms with van der Waals surface area (Å²) in [6.07, 6.45) is 1.98. The molecule has 0 radical (unpaired) electrons. The van der Waals surface area contributed by atoms with Crippen LogP contribution in [0.3, 0.4) is 0 Å². The maximum Gasteiger partial charge on any atom is 0.0532 e. The Balaban J connectivity index is 2.59. The minimum atomic E-state index is 0.487. The molecule has 0 fully saturated rings. The van der Waals surface area contributed by atoms with Crippen LogP contribution < -0.4 is 0 Å². The summed E-state index contributed by atoms with van der Waals surface area (Å²) in [6.45, 7) is 11.7. The lowest BCUT2D eigenvalue weighted by molar-refractivity contribution is 0.803. The monoisotopic (exact) mass is 263 g/mol. The summed E-state index contributed by atoms with van der Waals surface area (Å²) < 4.78 is 2.44. The third-order valence-electron chi connectivity index (χ3n) is 4.12. The zero-order valence-electron chi connectivity index (χ0n) is 12.5. The third-order valence-corrected chi connectivity index (χ3v) is 4.12. The molecule has 1 heteroatoms. The van der Waals surface area contributed by atoms with Crippen LogP contribution in [0.25, 0.3) is 27.9 Å². The highest BCUT2D eigenvalue weighted by Gasteiger charge is 2.16. The van der Waals surface area contributed by atoms with E-state index in [0.29, 0.717) is 5.92 Å². The minimum Gasteiger partial charge on any atom is -0.341 e. The van der Waals surface area contributed by atoms with Gasteiger partial charge in [-0.15, -0.1) is 0 Å². The predicted molar refractivity (Wildman–Crippen MR) is 89.3 cm³/mol. The molecule has 102 valence electrons. The van der Waals surface area contributed by atoms with E-state index in [1.165, 1.54) is 32.9 Å². The number of hydrogen-bond acceptors (Lipinski definition) is 0.